The molecule has 2 aromatic heterocycles. The van der Waals surface area contributed by atoms with Crippen LogP contribution in [0.2, 0.25) is 0 Å². The molecule has 0 spiro atoms. The monoisotopic (exact) mass is 308 g/mol. The van der Waals surface area contributed by atoms with E-state index < -0.39 is 0 Å². The van der Waals surface area contributed by atoms with E-state index in [1.165, 1.54) is 17.4 Å². The molecule has 0 radical (unpaired) electrons. The highest BCUT2D eigenvalue weighted by atomic mass is 32.1. The summed E-state index contributed by atoms with van der Waals surface area (Å²) in [6.07, 6.45) is 0. The lowest BCUT2D eigenvalue weighted by atomic mass is 10.4. The van der Waals surface area contributed by atoms with Crippen LogP contribution in [0.15, 0.2) is 11.4 Å². The number of thiazole rings is 1. The molecular weight excluding hydrogens is 292 g/mol. The predicted molar refractivity (Wildman–Crippen MR) is 79.2 cm³/mol. The van der Waals surface area contributed by atoms with Gasteiger partial charge >= 0.3 is 6.01 Å². The number of ether oxygens (including phenoxy) is 2. The van der Waals surface area contributed by atoms with Crippen molar-refractivity contribution in [3.63, 3.8) is 0 Å². The molecular formula is C13H16N4O3S. The Kier molecular flexibility index (Phi) is 5.04. The summed E-state index contributed by atoms with van der Waals surface area (Å²) in [5.74, 6) is -0.0786. The van der Waals surface area contributed by atoms with E-state index in [1.807, 2.05) is 26.2 Å². The fraction of sp³-hybridized carbons (Fsp3) is 0.385. The summed E-state index contributed by atoms with van der Waals surface area (Å²) in [6.45, 7) is 6.35. The molecule has 0 aliphatic carbocycles. The van der Waals surface area contributed by atoms with Crippen LogP contribution in [0.5, 0.6) is 11.9 Å². The van der Waals surface area contributed by atoms with Crippen molar-refractivity contribution in [3.05, 3.63) is 22.8 Å². The summed E-state index contributed by atoms with van der Waals surface area (Å²) in [7, 11) is 0. The molecule has 1 amide bonds. The van der Waals surface area contributed by atoms with E-state index in [0.717, 1.165) is 5.69 Å². The van der Waals surface area contributed by atoms with Crippen LogP contribution in [0.25, 0.3) is 0 Å². The van der Waals surface area contributed by atoms with Crippen molar-refractivity contribution in [1.82, 2.24) is 15.0 Å². The summed E-state index contributed by atoms with van der Waals surface area (Å²) in [5, 5.41) is 5.06. The molecule has 0 aromatic carbocycles. The first-order chi connectivity index (χ1) is 10.1. The molecule has 8 heteroatoms. The minimum absolute atomic E-state index is 0.115. The molecule has 0 unspecified atom stereocenters. The molecule has 2 aromatic rings. The van der Waals surface area contributed by atoms with E-state index >= 15 is 0 Å². The molecule has 0 atom stereocenters. The predicted octanol–water partition coefficient (Wildman–Crippen LogP) is 2.29. The Morgan fingerprint density at radius 1 is 1.24 bits per heavy atom. The van der Waals surface area contributed by atoms with E-state index in [2.05, 4.69) is 20.3 Å². The lowest BCUT2D eigenvalue weighted by Crippen LogP contribution is -2.15. The third-order valence-corrected chi connectivity index (χ3v) is 3.20. The summed E-state index contributed by atoms with van der Waals surface area (Å²) in [4.78, 5) is 24.5. The van der Waals surface area contributed by atoms with Gasteiger partial charge in [0.05, 0.1) is 18.9 Å². The Hall–Kier alpha value is -2.22. The molecule has 1 N–H and O–H groups in total. The summed E-state index contributed by atoms with van der Waals surface area (Å²) in [6, 6.07) is 1.59. The number of aryl methyl sites for hydroxylation is 1. The Labute approximate surface area is 126 Å². The van der Waals surface area contributed by atoms with Crippen molar-refractivity contribution < 1.29 is 14.3 Å². The van der Waals surface area contributed by atoms with Crippen LogP contribution in [0, 0.1) is 6.92 Å². The van der Waals surface area contributed by atoms with Crippen LogP contribution >= 0.6 is 11.3 Å². The first-order valence-electron chi connectivity index (χ1n) is 6.50. The number of nitrogens with zero attached hydrogens (tertiary/aromatic N) is 3. The summed E-state index contributed by atoms with van der Waals surface area (Å²) >= 11 is 1.35. The number of aromatic nitrogens is 3. The number of carbonyl (C=O) groups excluding carboxylic acids is 1. The molecule has 7 nitrogen and oxygen atoms in total. The van der Waals surface area contributed by atoms with E-state index in [4.69, 9.17) is 9.47 Å². The molecule has 21 heavy (non-hydrogen) atoms. The normalized spacial score (nSPS) is 10.2. The third-order valence-electron chi connectivity index (χ3n) is 2.32. The Bertz CT molecular complexity index is 605. The van der Waals surface area contributed by atoms with E-state index in [1.54, 1.807) is 0 Å². The maximum Gasteiger partial charge on any atom is 0.320 e. The minimum Gasteiger partial charge on any atom is -0.478 e. The number of anilines is 1. The number of hydrogen-bond acceptors (Lipinski definition) is 7. The van der Waals surface area contributed by atoms with Crippen molar-refractivity contribution in [2.75, 3.05) is 18.5 Å². The highest BCUT2D eigenvalue weighted by Crippen LogP contribution is 2.18. The van der Waals surface area contributed by atoms with Gasteiger partial charge in [-0.15, -0.1) is 11.3 Å². The van der Waals surface area contributed by atoms with Gasteiger partial charge in [0.2, 0.25) is 5.88 Å². The molecule has 112 valence electrons. The fourth-order valence-electron chi connectivity index (χ4n) is 1.51. The first kappa shape index (κ1) is 15.2. The fourth-order valence-corrected chi connectivity index (χ4v) is 2.19. The SMILES string of the molecule is CCOc1cc(C(=O)Nc2nc(C)cs2)nc(OCC)n1. The van der Waals surface area contributed by atoms with Crippen molar-refractivity contribution in [1.29, 1.82) is 0 Å². The van der Waals surface area contributed by atoms with Gasteiger partial charge in [-0.1, -0.05) is 0 Å². The van der Waals surface area contributed by atoms with Crippen LogP contribution < -0.4 is 14.8 Å². The lowest BCUT2D eigenvalue weighted by Gasteiger charge is -2.08. The maximum atomic E-state index is 12.2. The highest BCUT2D eigenvalue weighted by molar-refractivity contribution is 7.13. The average Bonchev–Trinajstić information content (AvgIpc) is 2.84. The van der Waals surface area contributed by atoms with Gasteiger partial charge in [-0.25, -0.2) is 4.98 Å². The topological polar surface area (TPSA) is 86.2 Å². The smallest absolute Gasteiger partial charge is 0.320 e. The largest absolute Gasteiger partial charge is 0.478 e. The standard InChI is InChI=1S/C13H16N4O3S/c1-4-19-10-6-9(15-12(16-10)20-5-2)11(18)17-13-14-8(3)7-21-13/h6-7H,4-5H2,1-3H3,(H,14,17,18). The van der Waals surface area contributed by atoms with E-state index in [-0.39, 0.29) is 17.6 Å². The number of hydrogen-bond donors (Lipinski definition) is 1. The lowest BCUT2D eigenvalue weighted by molar-refractivity contribution is 0.102. The zero-order chi connectivity index (χ0) is 15.2. The second kappa shape index (κ2) is 6.98. The average molecular weight is 308 g/mol. The van der Waals surface area contributed by atoms with Gasteiger partial charge in [0.15, 0.2) is 5.13 Å². The molecule has 0 saturated heterocycles. The molecule has 0 bridgehead atoms. The molecule has 0 aliphatic heterocycles. The Morgan fingerprint density at radius 3 is 2.62 bits per heavy atom. The first-order valence-corrected chi connectivity index (χ1v) is 7.38. The van der Waals surface area contributed by atoms with Gasteiger partial charge in [0.25, 0.3) is 5.91 Å². The Balaban J connectivity index is 2.21. The Morgan fingerprint density at radius 2 is 2.00 bits per heavy atom. The molecule has 0 fully saturated rings. The number of nitrogens with one attached hydrogen (secondary N) is 1. The van der Waals surface area contributed by atoms with Gasteiger partial charge in [0, 0.05) is 11.4 Å². The summed E-state index contributed by atoms with van der Waals surface area (Å²) in [5.41, 5.74) is 1.02. The third kappa shape index (κ3) is 4.12. The van der Waals surface area contributed by atoms with E-state index in [9.17, 15) is 4.79 Å². The molecule has 2 rings (SSSR count). The van der Waals surface area contributed by atoms with Gasteiger partial charge in [-0.05, 0) is 20.8 Å². The van der Waals surface area contributed by atoms with Gasteiger partial charge in [-0.3, -0.25) is 10.1 Å². The van der Waals surface area contributed by atoms with Crippen LogP contribution in [-0.4, -0.2) is 34.1 Å². The number of amides is 1. The zero-order valence-electron chi connectivity index (χ0n) is 12.0. The molecule has 0 saturated carbocycles. The van der Waals surface area contributed by atoms with Crippen molar-refractivity contribution >= 4 is 22.4 Å². The highest BCUT2D eigenvalue weighted by Gasteiger charge is 2.14. The van der Waals surface area contributed by atoms with Crippen LogP contribution in [-0.2, 0) is 0 Å². The van der Waals surface area contributed by atoms with Crippen LogP contribution in [0.3, 0.4) is 0 Å². The van der Waals surface area contributed by atoms with Gasteiger partial charge in [0.1, 0.15) is 5.69 Å². The van der Waals surface area contributed by atoms with Gasteiger partial charge in [-0.2, -0.15) is 9.97 Å². The van der Waals surface area contributed by atoms with Crippen molar-refractivity contribution in [3.8, 4) is 11.9 Å². The van der Waals surface area contributed by atoms with E-state index in [0.29, 0.717) is 24.2 Å². The van der Waals surface area contributed by atoms with Crippen molar-refractivity contribution in [2.45, 2.75) is 20.8 Å². The summed E-state index contributed by atoms with van der Waals surface area (Å²) < 4.78 is 10.6. The van der Waals surface area contributed by atoms with Gasteiger partial charge < -0.3 is 9.47 Å². The second-order valence-electron chi connectivity index (χ2n) is 3.99. The maximum absolute atomic E-state index is 12.2. The number of rotatable bonds is 6. The molecule has 0 aliphatic rings. The molecule has 2 heterocycles. The number of carbonyl (C=O) groups is 1. The zero-order valence-corrected chi connectivity index (χ0v) is 12.9. The van der Waals surface area contributed by atoms with Crippen molar-refractivity contribution in [2.24, 2.45) is 0 Å². The van der Waals surface area contributed by atoms with Crippen LogP contribution in [0.4, 0.5) is 5.13 Å². The quantitative estimate of drug-likeness (QED) is 0.881. The minimum atomic E-state index is -0.381. The second-order valence-corrected chi connectivity index (χ2v) is 4.85. The van der Waals surface area contributed by atoms with Crippen LogP contribution in [0.1, 0.15) is 30.0 Å².